The predicted octanol–water partition coefficient (Wildman–Crippen LogP) is 3.78. The summed E-state index contributed by atoms with van der Waals surface area (Å²) in [5.74, 6) is 0.705. The van der Waals surface area contributed by atoms with E-state index >= 15 is 0 Å². The van der Waals surface area contributed by atoms with E-state index in [9.17, 15) is 0 Å². The molecule has 116 valence electrons. The van der Waals surface area contributed by atoms with Crippen molar-refractivity contribution in [3.63, 3.8) is 0 Å². The van der Waals surface area contributed by atoms with Crippen LogP contribution in [0.25, 0.3) is 0 Å². The summed E-state index contributed by atoms with van der Waals surface area (Å²) in [5.41, 5.74) is 4.23. The quantitative estimate of drug-likeness (QED) is 0.859. The second kappa shape index (κ2) is 6.50. The average Bonchev–Trinajstić information content (AvgIpc) is 3.05. The summed E-state index contributed by atoms with van der Waals surface area (Å²) in [7, 11) is 0. The first-order valence-electron chi connectivity index (χ1n) is 8.61. The van der Waals surface area contributed by atoms with Crippen molar-refractivity contribution in [1.29, 1.82) is 0 Å². The Morgan fingerprint density at radius 3 is 2.52 bits per heavy atom. The smallest absolute Gasteiger partial charge is 0.0623 e. The molecular weight excluding hydrogens is 258 g/mol. The van der Waals surface area contributed by atoms with Crippen LogP contribution in [0.15, 0.2) is 18.2 Å². The summed E-state index contributed by atoms with van der Waals surface area (Å²) < 4.78 is 6.09. The van der Waals surface area contributed by atoms with Crippen molar-refractivity contribution in [3.8, 4) is 0 Å². The van der Waals surface area contributed by atoms with Gasteiger partial charge >= 0.3 is 0 Å². The Morgan fingerprint density at radius 2 is 1.95 bits per heavy atom. The van der Waals surface area contributed by atoms with Crippen molar-refractivity contribution >= 4 is 0 Å². The van der Waals surface area contributed by atoms with Gasteiger partial charge in [-0.05, 0) is 58.1 Å². The van der Waals surface area contributed by atoms with Gasteiger partial charge in [0.2, 0.25) is 0 Å². The molecule has 2 saturated heterocycles. The van der Waals surface area contributed by atoms with Gasteiger partial charge in [0.05, 0.1) is 12.2 Å². The van der Waals surface area contributed by atoms with Crippen molar-refractivity contribution in [2.24, 2.45) is 5.92 Å². The van der Waals surface area contributed by atoms with Crippen LogP contribution in [-0.2, 0) is 11.2 Å². The average molecular weight is 287 g/mol. The van der Waals surface area contributed by atoms with Crippen LogP contribution in [-0.4, -0.2) is 24.8 Å². The summed E-state index contributed by atoms with van der Waals surface area (Å²) in [6, 6.07) is 7.53. The third-order valence-electron chi connectivity index (χ3n) is 5.06. The molecule has 2 aliphatic heterocycles. The van der Waals surface area contributed by atoms with E-state index in [-0.39, 0.29) is 0 Å². The fraction of sp³-hybridized carbons (Fsp3) is 0.684. The highest BCUT2D eigenvalue weighted by molar-refractivity contribution is 5.29. The minimum atomic E-state index is 0.510. The first kappa shape index (κ1) is 15.1. The molecule has 0 amide bonds. The molecule has 0 aliphatic carbocycles. The summed E-state index contributed by atoms with van der Waals surface area (Å²) in [5, 5.41) is 3.80. The van der Waals surface area contributed by atoms with Crippen LogP contribution in [0.1, 0.15) is 49.3 Å². The SMILES string of the molecule is CCCNC(Cc1cc(C)cc(C)c1)C1CC2CCC1O2. The van der Waals surface area contributed by atoms with Gasteiger partial charge in [0.25, 0.3) is 0 Å². The van der Waals surface area contributed by atoms with Gasteiger partial charge in [0.15, 0.2) is 0 Å². The zero-order chi connectivity index (χ0) is 14.8. The summed E-state index contributed by atoms with van der Waals surface area (Å²) >= 11 is 0. The van der Waals surface area contributed by atoms with Crippen LogP contribution in [0.2, 0.25) is 0 Å². The topological polar surface area (TPSA) is 21.3 Å². The van der Waals surface area contributed by atoms with Crippen LogP contribution in [0.4, 0.5) is 0 Å². The molecule has 0 aromatic heterocycles. The summed E-state index contributed by atoms with van der Waals surface area (Å²) in [6.07, 6.45) is 7.21. The van der Waals surface area contributed by atoms with Gasteiger partial charge in [-0.15, -0.1) is 0 Å². The number of benzene rings is 1. The zero-order valence-electron chi connectivity index (χ0n) is 13.7. The number of fused-ring (bicyclic) bond motifs is 2. The molecule has 0 radical (unpaired) electrons. The maximum absolute atomic E-state index is 6.09. The monoisotopic (exact) mass is 287 g/mol. The molecule has 2 bridgehead atoms. The van der Waals surface area contributed by atoms with Gasteiger partial charge in [0.1, 0.15) is 0 Å². The van der Waals surface area contributed by atoms with E-state index in [1.165, 1.54) is 42.4 Å². The fourth-order valence-electron chi connectivity index (χ4n) is 4.25. The minimum absolute atomic E-state index is 0.510. The van der Waals surface area contributed by atoms with Crippen molar-refractivity contribution in [1.82, 2.24) is 5.32 Å². The highest BCUT2D eigenvalue weighted by atomic mass is 16.5. The molecule has 0 spiro atoms. The van der Waals surface area contributed by atoms with Crippen LogP contribution in [0.5, 0.6) is 0 Å². The molecule has 2 fully saturated rings. The molecule has 2 heteroatoms. The molecular formula is C19H29NO. The molecule has 21 heavy (non-hydrogen) atoms. The molecule has 1 aromatic carbocycles. The number of hydrogen-bond donors (Lipinski definition) is 1. The molecule has 1 N–H and O–H groups in total. The fourth-order valence-corrected chi connectivity index (χ4v) is 4.25. The summed E-state index contributed by atoms with van der Waals surface area (Å²) in [4.78, 5) is 0. The summed E-state index contributed by atoms with van der Waals surface area (Å²) in [6.45, 7) is 7.76. The molecule has 4 unspecified atom stereocenters. The minimum Gasteiger partial charge on any atom is -0.375 e. The van der Waals surface area contributed by atoms with E-state index < -0.39 is 0 Å². The van der Waals surface area contributed by atoms with E-state index in [0.29, 0.717) is 24.2 Å². The van der Waals surface area contributed by atoms with Gasteiger partial charge in [-0.2, -0.15) is 0 Å². The van der Waals surface area contributed by atoms with Crippen LogP contribution in [0.3, 0.4) is 0 Å². The Morgan fingerprint density at radius 1 is 1.19 bits per heavy atom. The normalized spacial score (nSPS) is 29.0. The highest BCUT2D eigenvalue weighted by Gasteiger charge is 2.44. The number of ether oxygens (including phenoxy) is 1. The molecule has 3 rings (SSSR count). The highest BCUT2D eigenvalue weighted by Crippen LogP contribution is 2.41. The standard InChI is InChI=1S/C19H29NO/c1-4-7-20-18(17-12-16-5-6-19(17)21-16)11-15-9-13(2)8-14(3)10-15/h8-10,16-20H,4-7,11-12H2,1-3H3. The van der Waals surface area contributed by atoms with Crippen LogP contribution >= 0.6 is 0 Å². The largest absolute Gasteiger partial charge is 0.375 e. The molecule has 2 nitrogen and oxygen atoms in total. The van der Waals surface area contributed by atoms with Crippen molar-refractivity contribution in [2.45, 2.75) is 71.1 Å². The van der Waals surface area contributed by atoms with Gasteiger partial charge in [-0.1, -0.05) is 36.2 Å². The van der Waals surface area contributed by atoms with Gasteiger partial charge in [-0.3, -0.25) is 0 Å². The lowest BCUT2D eigenvalue weighted by Gasteiger charge is -2.30. The second-order valence-electron chi connectivity index (χ2n) is 7.03. The lowest BCUT2D eigenvalue weighted by Crippen LogP contribution is -2.42. The number of hydrogen-bond acceptors (Lipinski definition) is 2. The lowest BCUT2D eigenvalue weighted by atomic mass is 9.81. The lowest BCUT2D eigenvalue weighted by molar-refractivity contribution is 0.0857. The van der Waals surface area contributed by atoms with Crippen molar-refractivity contribution < 1.29 is 4.74 Å². The molecule has 1 aromatic rings. The first-order valence-corrected chi connectivity index (χ1v) is 8.61. The Hall–Kier alpha value is -0.860. The third kappa shape index (κ3) is 3.49. The maximum atomic E-state index is 6.09. The van der Waals surface area contributed by atoms with E-state index in [1.807, 2.05) is 0 Å². The van der Waals surface area contributed by atoms with Crippen molar-refractivity contribution in [2.75, 3.05) is 6.54 Å². The molecule has 4 atom stereocenters. The van der Waals surface area contributed by atoms with Crippen LogP contribution in [0, 0.1) is 19.8 Å². The van der Waals surface area contributed by atoms with Gasteiger partial charge in [0, 0.05) is 12.0 Å². The van der Waals surface area contributed by atoms with Gasteiger partial charge in [-0.25, -0.2) is 0 Å². The van der Waals surface area contributed by atoms with E-state index in [1.54, 1.807) is 0 Å². The molecule has 0 saturated carbocycles. The first-order chi connectivity index (χ1) is 10.2. The Kier molecular flexibility index (Phi) is 4.66. The molecule has 2 aliphatic rings. The van der Waals surface area contributed by atoms with E-state index in [4.69, 9.17) is 4.74 Å². The molecule has 2 heterocycles. The van der Waals surface area contributed by atoms with E-state index in [0.717, 1.165) is 13.0 Å². The zero-order valence-corrected chi connectivity index (χ0v) is 13.7. The van der Waals surface area contributed by atoms with E-state index in [2.05, 4.69) is 44.3 Å². The third-order valence-corrected chi connectivity index (χ3v) is 5.06. The number of nitrogens with one attached hydrogen (secondary N) is 1. The number of rotatable bonds is 6. The second-order valence-corrected chi connectivity index (χ2v) is 7.03. The Balaban J connectivity index is 1.72. The predicted molar refractivity (Wildman–Crippen MR) is 87.7 cm³/mol. The maximum Gasteiger partial charge on any atom is 0.0623 e. The van der Waals surface area contributed by atoms with Crippen LogP contribution < -0.4 is 5.32 Å². The number of aryl methyl sites for hydroxylation is 2. The van der Waals surface area contributed by atoms with Gasteiger partial charge < -0.3 is 10.1 Å². The van der Waals surface area contributed by atoms with Crippen molar-refractivity contribution in [3.05, 3.63) is 34.9 Å². The Bertz CT molecular complexity index is 464. The Labute approximate surface area is 129 Å².